The summed E-state index contributed by atoms with van der Waals surface area (Å²) in [6.07, 6.45) is 6.83. The van der Waals surface area contributed by atoms with Crippen molar-refractivity contribution in [2.24, 2.45) is 5.92 Å². The number of carbonyl (C=O) groups excluding carboxylic acids is 1. The number of hydrogen-bond acceptors (Lipinski definition) is 2. The first-order chi connectivity index (χ1) is 6.65. The Bertz CT molecular complexity index is 244. The summed E-state index contributed by atoms with van der Waals surface area (Å²) in [7, 11) is 0. The van der Waals surface area contributed by atoms with Crippen molar-refractivity contribution >= 4 is 5.91 Å². The standard InChI is InChI=1S/C11H18N2O/c1-4-5-9(3)13-11(14)10-8(2)6-7-12-10/h1,8-10,12H,5-7H2,2-3H3,(H,13,14). The summed E-state index contributed by atoms with van der Waals surface area (Å²) < 4.78 is 0. The Morgan fingerprint density at radius 2 is 2.50 bits per heavy atom. The van der Waals surface area contributed by atoms with E-state index in [4.69, 9.17) is 6.42 Å². The lowest BCUT2D eigenvalue weighted by molar-refractivity contribution is -0.124. The van der Waals surface area contributed by atoms with Crippen LogP contribution in [0, 0.1) is 18.3 Å². The van der Waals surface area contributed by atoms with Gasteiger partial charge in [0.05, 0.1) is 6.04 Å². The topological polar surface area (TPSA) is 41.1 Å². The predicted molar refractivity (Wildman–Crippen MR) is 56.6 cm³/mol. The first-order valence-electron chi connectivity index (χ1n) is 5.12. The van der Waals surface area contributed by atoms with E-state index in [0.717, 1.165) is 13.0 Å². The minimum absolute atomic E-state index is 0.0322. The fourth-order valence-electron chi connectivity index (χ4n) is 1.75. The summed E-state index contributed by atoms with van der Waals surface area (Å²) >= 11 is 0. The molecule has 0 radical (unpaired) electrons. The van der Waals surface area contributed by atoms with Crippen molar-refractivity contribution in [3.63, 3.8) is 0 Å². The zero-order valence-corrected chi connectivity index (χ0v) is 8.84. The molecule has 0 saturated carbocycles. The molecule has 0 bridgehead atoms. The van der Waals surface area contributed by atoms with E-state index < -0.39 is 0 Å². The second-order valence-electron chi connectivity index (χ2n) is 4.02. The van der Waals surface area contributed by atoms with Crippen LogP contribution in [0.15, 0.2) is 0 Å². The molecular weight excluding hydrogens is 176 g/mol. The lowest BCUT2D eigenvalue weighted by atomic mass is 10.0. The summed E-state index contributed by atoms with van der Waals surface area (Å²) in [6.45, 7) is 4.95. The van der Waals surface area contributed by atoms with Crippen LogP contribution in [0.2, 0.25) is 0 Å². The van der Waals surface area contributed by atoms with E-state index in [2.05, 4.69) is 23.5 Å². The van der Waals surface area contributed by atoms with Crippen LogP contribution in [0.5, 0.6) is 0 Å². The smallest absolute Gasteiger partial charge is 0.237 e. The quantitative estimate of drug-likeness (QED) is 0.643. The summed E-state index contributed by atoms with van der Waals surface area (Å²) in [4.78, 5) is 11.7. The van der Waals surface area contributed by atoms with Gasteiger partial charge in [-0.15, -0.1) is 12.3 Å². The van der Waals surface area contributed by atoms with Gasteiger partial charge in [0.1, 0.15) is 0 Å². The van der Waals surface area contributed by atoms with Gasteiger partial charge in [-0.3, -0.25) is 4.79 Å². The van der Waals surface area contributed by atoms with E-state index >= 15 is 0 Å². The second kappa shape index (κ2) is 5.02. The van der Waals surface area contributed by atoms with Gasteiger partial charge in [0, 0.05) is 12.5 Å². The van der Waals surface area contributed by atoms with Crippen LogP contribution in [-0.4, -0.2) is 24.5 Å². The summed E-state index contributed by atoms with van der Waals surface area (Å²) in [6, 6.07) is 0.0392. The fraction of sp³-hybridized carbons (Fsp3) is 0.727. The monoisotopic (exact) mass is 194 g/mol. The van der Waals surface area contributed by atoms with E-state index in [-0.39, 0.29) is 18.0 Å². The molecule has 0 aromatic rings. The van der Waals surface area contributed by atoms with Gasteiger partial charge in [-0.05, 0) is 25.8 Å². The van der Waals surface area contributed by atoms with Crippen molar-refractivity contribution in [1.82, 2.24) is 10.6 Å². The van der Waals surface area contributed by atoms with Gasteiger partial charge >= 0.3 is 0 Å². The zero-order valence-electron chi connectivity index (χ0n) is 8.84. The summed E-state index contributed by atoms with van der Waals surface area (Å²) in [5.74, 6) is 3.04. The number of rotatable bonds is 3. The highest BCUT2D eigenvalue weighted by Gasteiger charge is 2.29. The van der Waals surface area contributed by atoms with Crippen molar-refractivity contribution in [3.05, 3.63) is 0 Å². The maximum atomic E-state index is 11.7. The van der Waals surface area contributed by atoms with E-state index in [1.165, 1.54) is 0 Å². The van der Waals surface area contributed by atoms with Crippen LogP contribution < -0.4 is 10.6 Å². The molecule has 0 aliphatic carbocycles. The largest absolute Gasteiger partial charge is 0.351 e. The van der Waals surface area contributed by atoms with Crippen molar-refractivity contribution < 1.29 is 4.79 Å². The third-order valence-corrected chi connectivity index (χ3v) is 2.63. The first kappa shape index (κ1) is 11.1. The lowest BCUT2D eigenvalue weighted by Crippen LogP contribution is -2.46. The van der Waals surface area contributed by atoms with Gasteiger partial charge in [0.2, 0.25) is 5.91 Å². The maximum Gasteiger partial charge on any atom is 0.237 e. The van der Waals surface area contributed by atoms with Crippen LogP contribution >= 0.6 is 0 Å². The van der Waals surface area contributed by atoms with Crippen molar-refractivity contribution in [2.75, 3.05) is 6.54 Å². The minimum atomic E-state index is -0.0322. The Morgan fingerprint density at radius 1 is 1.79 bits per heavy atom. The summed E-state index contributed by atoms with van der Waals surface area (Å²) in [5.41, 5.74) is 0. The molecule has 3 atom stereocenters. The van der Waals surface area contributed by atoms with Crippen LogP contribution in [-0.2, 0) is 4.79 Å². The van der Waals surface area contributed by atoms with Crippen LogP contribution in [0.1, 0.15) is 26.7 Å². The highest BCUT2D eigenvalue weighted by molar-refractivity contribution is 5.82. The third kappa shape index (κ3) is 2.74. The molecule has 1 rings (SSSR count). The van der Waals surface area contributed by atoms with E-state index in [0.29, 0.717) is 12.3 Å². The SMILES string of the molecule is C#CCC(C)NC(=O)C1NCCC1C. The number of carbonyl (C=O) groups is 1. The molecule has 3 nitrogen and oxygen atoms in total. The molecule has 1 aliphatic rings. The molecule has 0 spiro atoms. The third-order valence-electron chi connectivity index (χ3n) is 2.63. The van der Waals surface area contributed by atoms with Crippen molar-refractivity contribution in [1.29, 1.82) is 0 Å². The molecule has 1 saturated heterocycles. The Labute approximate surface area is 85.6 Å². The molecule has 0 aromatic heterocycles. The van der Waals surface area contributed by atoms with Crippen LogP contribution in [0.3, 0.4) is 0 Å². The minimum Gasteiger partial charge on any atom is -0.351 e. The molecular formula is C11H18N2O. The first-order valence-corrected chi connectivity index (χ1v) is 5.12. The molecule has 0 aromatic carbocycles. The Morgan fingerprint density at radius 3 is 3.00 bits per heavy atom. The second-order valence-corrected chi connectivity index (χ2v) is 4.02. The van der Waals surface area contributed by atoms with Crippen molar-refractivity contribution in [3.8, 4) is 12.3 Å². The average Bonchev–Trinajstić information content (AvgIpc) is 2.51. The highest BCUT2D eigenvalue weighted by Crippen LogP contribution is 2.14. The summed E-state index contributed by atoms with van der Waals surface area (Å²) in [5, 5.41) is 6.10. The molecule has 2 N–H and O–H groups in total. The molecule has 1 fully saturated rings. The van der Waals surface area contributed by atoms with E-state index in [1.54, 1.807) is 0 Å². The van der Waals surface area contributed by atoms with Crippen LogP contribution in [0.25, 0.3) is 0 Å². The van der Waals surface area contributed by atoms with Gasteiger partial charge in [0.15, 0.2) is 0 Å². The Kier molecular flexibility index (Phi) is 3.97. The number of nitrogens with one attached hydrogen (secondary N) is 2. The van der Waals surface area contributed by atoms with Gasteiger partial charge in [-0.25, -0.2) is 0 Å². The van der Waals surface area contributed by atoms with Gasteiger partial charge < -0.3 is 10.6 Å². The molecule has 1 aliphatic heterocycles. The van der Waals surface area contributed by atoms with Crippen LogP contribution in [0.4, 0.5) is 0 Å². The molecule has 3 heteroatoms. The molecule has 14 heavy (non-hydrogen) atoms. The normalized spacial score (nSPS) is 28.1. The molecule has 3 unspecified atom stereocenters. The zero-order chi connectivity index (χ0) is 10.6. The maximum absolute atomic E-state index is 11.7. The lowest BCUT2D eigenvalue weighted by Gasteiger charge is -2.18. The number of hydrogen-bond donors (Lipinski definition) is 2. The molecule has 78 valence electrons. The average molecular weight is 194 g/mol. The van der Waals surface area contributed by atoms with Crippen molar-refractivity contribution in [2.45, 2.75) is 38.8 Å². The highest BCUT2D eigenvalue weighted by atomic mass is 16.2. The molecule has 1 amide bonds. The van der Waals surface area contributed by atoms with Gasteiger partial charge in [-0.1, -0.05) is 6.92 Å². The Hall–Kier alpha value is -1.01. The Balaban J connectivity index is 2.38. The number of amides is 1. The van der Waals surface area contributed by atoms with Gasteiger partial charge in [0.25, 0.3) is 0 Å². The van der Waals surface area contributed by atoms with E-state index in [1.807, 2.05) is 6.92 Å². The van der Waals surface area contributed by atoms with E-state index in [9.17, 15) is 4.79 Å². The fourth-order valence-corrected chi connectivity index (χ4v) is 1.75. The predicted octanol–water partition coefficient (Wildman–Crippen LogP) is 0.512. The van der Waals surface area contributed by atoms with Gasteiger partial charge in [-0.2, -0.15) is 0 Å². The number of terminal acetylenes is 1. The molecule has 1 heterocycles.